The Bertz CT molecular complexity index is 762. The molecule has 1 saturated heterocycles. The highest BCUT2D eigenvalue weighted by Crippen LogP contribution is 2.23. The van der Waals surface area contributed by atoms with Crippen molar-refractivity contribution in [2.45, 2.75) is 25.7 Å². The number of halogens is 1. The summed E-state index contributed by atoms with van der Waals surface area (Å²) >= 11 is 0. The number of sulfonamides is 1. The lowest BCUT2D eigenvalue weighted by Gasteiger charge is -2.29. The van der Waals surface area contributed by atoms with Crippen LogP contribution >= 0.6 is 12.4 Å². The van der Waals surface area contributed by atoms with Crippen LogP contribution in [-0.4, -0.2) is 70.0 Å². The van der Waals surface area contributed by atoms with Crippen LogP contribution in [-0.2, 0) is 14.8 Å². The van der Waals surface area contributed by atoms with E-state index in [9.17, 15) is 13.2 Å². The number of morpholine rings is 1. The maximum atomic E-state index is 13.0. The number of hydrogen-bond acceptors (Lipinski definition) is 5. The number of carbonyl (C=O) groups excluding carboxylic acids is 1. The molecule has 1 aromatic rings. The third kappa shape index (κ3) is 5.65. The molecule has 0 unspecified atom stereocenters. The maximum Gasteiger partial charge on any atom is 0.253 e. The van der Waals surface area contributed by atoms with Crippen LogP contribution < -0.4 is 5.73 Å². The Morgan fingerprint density at radius 2 is 1.89 bits per heavy atom. The molecular weight excluding hydrogens is 390 g/mol. The van der Waals surface area contributed by atoms with Gasteiger partial charge in [-0.25, -0.2) is 8.42 Å². The van der Waals surface area contributed by atoms with Gasteiger partial charge in [-0.1, -0.05) is 19.9 Å². The molecule has 154 valence electrons. The lowest BCUT2D eigenvalue weighted by atomic mass is 9.93. The van der Waals surface area contributed by atoms with Gasteiger partial charge in [-0.15, -0.1) is 12.4 Å². The predicted octanol–water partition coefficient (Wildman–Crippen LogP) is 1.49. The summed E-state index contributed by atoms with van der Waals surface area (Å²) in [4.78, 5) is 14.5. The molecule has 0 aliphatic carbocycles. The van der Waals surface area contributed by atoms with E-state index in [4.69, 9.17) is 10.5 Å². The van der Waals surface area contributed by atoms with E-state index in [2.05, 4.69) is 0 Å². The molecule has 0 radical (unpaired) electrons. The highest BCUT2D eigenvalue weighted by molar-refractivity contribution is 7.89. The number of benzene rings is 1. The van der Waals surface area contributed by atoms with Crippen LogP contribution in [0.15, 0.2) is 23.1 Å². The quantitative estimate of drug-likeness (QED) is 0.754. The maximum absolute atomic E-state index is 13.0. The van der Waals surface area contributed by atoms with Crippen molar-refractivity contribution in [1.29, 1.82) is 0 Å². The van der Waals surface area contributed by atoms with Crippen LogP contribution in [0.25, 0.3) is 0 Å². The third-order valence-corrected chi connectivity index (χ3v) is 6.63. The number of aryl methyl sites for hydroxylation is 1. The minimum Gasteiger partial charge on any atom is -0.379 e. The summed E-state index contributed by atoms with van der Waals surface area (Å²) in [6.45, 7) is 8.07. The zero-order valence-electron chi connectivity index (χ0n) is 16.4. The Hall–Kier alpha value is -1.19. The van der Waals surface area contributed by atoms with Crippen molar-refractivity contribution in [2.24, 2.45) is 11.1 Å². The largest absolute Gasteiger partial charge is 0.379 e. The number of rotatable bonds is 6. The van der Waals surface area contributed by atoms with E-state index in [1.165, 1.54) is 10.4 Å². The molecule has 0 atom stereocenters. The number of hydrogen-bond donors (Lipinski definition) is 1. The summed E-state index contributed by atoms with van der Waals surface area (Å²) < 4.78 is 32.6. The molecule has 0 aromatic heterocycles. The topological polar surface area (TPSA) is 92.9 Å². The lowest BCUT2D eigenvalue weighted by Crippen LogP contribution is -2.41. The van der Waals surface area contributed by atoms with Crippen LogP contribution in [0.5, 0.6) is 0 Å². The van der Waals surface area contributed by atoms with Gasteiger partial charge in [-0.05, 0) is 36.6 Å². The van der Waals surface area contributed by atoms with E-state index in [1.54, 1.807) is 31.0 Å². The first-order valence-electron chi connectivity index (χ1n) is 8.72. The summed E-state index contributed by atoms with van der Waals surface area (Å²) in [6, 6.07) is 4.83. The molecule has 0 bridgehead atoms. The van der Waals surface area contributed by atoms with E-state index >= 15 is 0 Å². The van der Waals surface area contributed by atoms with Gasteiger partial charge in [0.1, 0.15) is 0 Å². The van der Waals surface area contributed by atoms with Gasteiger partial charge >= 0.3 is 0 Å². The first-order chi connectivity index (χ1) is 12.1. The second kappa shape index (κ2) is 9.34. The first-order valence-corrected chi connectivity index (χ1v) is 10.2. The average Bonchev–Trinajstić information content (AvgIpc) is 2.61. The summed E-state index contributed by atoms with van der Waals surface area (Å²) in [5.74, 6) is -0.218. The van der Waals surface area contributed by atoms with Gasteiger partial charge in [0.2, 0.25) is 10.0 Å². The Morgan fingerprint density at radius 3 is 2.44 bits per heavy atom. The fourth-order valence-corrected chi connectivity index (χ4v) is 4.59. The molecular formula is C18H30ClN3O4S. The van der Waals surface area contributed by atoms with Gasteiger partial charge in [0.05, 0.1) is 18.1 Å². The molecule has 1 heterocycles. The van der Waals surface area contributed by atoms with Gasteiger partial charge in [-0.2, -0.15) is 4.31 Å². The van der Waals surface area contributed by atoms with Crippen molar-refractivity contribution in [3.05, 3.63) is 29.3 Å². The molecule has 2 rings (SSSR count). The van der Waals surface area contributed by atoms with Gasteiger partial charge in [0, 0.05) is 32.2 Å². The summed E-state index contributed by atoms with van der Waals surface area (Å²) in [5.41, 5.74) is 6.52. The van der Waals surface area contributed by atoms with Gasteiger partial charge in [-0.3, -0.25) is 4.79 Å². The van der Waals surface area contributed by atoms with Crippen molar-refractivity contribution in [3.63, 3.8) is 0 Å². The Kier molecular flexibility index (Phi) is 8.25. The monoisotopic (exact) mass is 419 g/mol. The second-order valence-corrected chi connectivity index (χ2v) is 9.43. The molecule has 27 heavy (non-hydrogen) atoms. The molecule has 1 aliphatic heterocycles. The van der Waals surface area contributed by atoms with Gasteiger partial charge in [0.15, 0.2) is 0 Å². The summed E-state index contributed by atoms with van der Waals surface area (Å²) in [6.07, 6.45) is 0. The van der Waals surface area contributed by atoms with E-state index < -0.39 is 10.0 Å². The molecule has 1 aromatic carbocycles. The molecule has 7 nitrogen and oxygen atoms in total. The normalized spacial score (nSPS) is 15.9. The minimum absolute atomic E-state index is 0. The zero-order valence-corrected chi connectivity index (χ0v) is 18.0. The summed E-state index contributed by atoms with van der Waals surface area (Å²) in [7, 11) is -1.95. The number of nitrogens with two attached hydrogens (primary N) is 1. The van der Waals surface area contributed by atoms with Crippen molar-refractivity contribution in [2.75, 3.05) is 46.4 Å². The fraction of sp³-hybridized carbons (Fsp3) is 0.611. The number of ether oxygens (including phenoxy) is 1. The van der Waals surface area contributed by atoms with Crippen LogP contribution in [0, 0.1) is 12.3 Å². The first kappa shape index (κ1) is 23.8. The van der Waals surface area contributed by atoms with Crippen LogP contribution in [0.4, 0.5) is 0 Å². The fourth-order valence-electron chi connectivity index (χ4n) is 2.94. The summed E-state index contributed by atoms with van der Waals surface area (Å²) in [5, 5.41) is 0. The minimum atomic E-state index is -3.65. The Labute approximate surface area is 168 Å². The molecule has 0 spiro atoms. The predicted molar refractivity (Wildman–Crippen MR) is 108 cm³/mol. The van der Waals surface area contributed by atoms with E-state index in [1.807, 2.05) is 13.8 Å². The van der Waals surface area contributed by atoms with E-state index in [0.29, 0.717) is 50.5 Å². The SMILES string of the molecule is Cc1ccc(C(=O)N(C)CC(C)(C)CN)cc1S(=O)(=O)N1CCOCC1.Cl. The Morgan fingerprint density at radius 1 is 1.30 bits per heavy atom. The van der Waals surface area contributed by atoms with Crippen molar-refractivity contribution in [3.8, 4) is 0 Å². The molecule has 1 fully saturated rings. The number of carbonyl (C=O) groups is 1. The standard InChI is InChI=1S/C18H29N3O4S.ClH/c1-14-5-6-15(17(22)20(4)13-18(2,3)12-19)11-16(14)26(23,24)21-7-9-25-10-8-21;/h5-6,11H,7-10,12-13,19H2,1-4H3;1H. The van der Waals surface area contributed by atoms with Crippen molar-refractivity contribution < 1.29 is 17.9 Å². The molecule has 1 aliphatic rings. The highest BCUT2D eigenvalue weighted by Gasteiger charge is 2.29. The highest BCUT2D eigenvalue weighted by atomic mass is 35.5. The zero-order chi connectivity index (χ0) is 19.5. The van der Waals surface area contributed by atoms with E-state index in [0.717, 1.165) is 0 Å². The van der Waals surface area contributed by atoms with Crippen LogP contribution in [0.2, 0.25) is 0 Å². The van der Waals surface area contributed by atoms with Crippen LogP contribution in [0.1, 0.15) is 29.8 Å². The molecule has 1 amide bonds. The number of amides is 1. The Balaban J connectivity index is 0.00000364. The smallest absolute Gasteiger partial charge is 0.253 e. The van der Waals surface area contributed by atoms with Crippen molar-refractivity contribution in [1.82, 2.24) is 9.21 Å². The lowest BCUT2D eigenvalue weighted by molar-refractivity contribution is 0.0728. The van der Waals surface area contributed by atoms with E-state index in [-0.39, 0.29) is 28.6 Å². The molecule has 9 heteroatoms. The van der Waals surface area contributed by atoms with Gasteiger partial charge in [0.25, 0.3) is 5.91 Å². The molecule has 2 N–H and O–H groups in total. The van der Waals surface area contributed by atoms with Gasteiger partial charge < -0.3 is 15.4 Å². The third-order valence-electron chi connectivity index (χ3n) is 4.59. The second-order valence-electron chi connectivity index (χ2n) is 7.53. The average molecular weight is 420 g/mol. The molecule has 0 saturated carbocycles. The number of nitrogens with zero attached hydrogens (tertiary/aromatic N) is 2. The van der Waals surface area contributed by atoms with Crippen LogP contribution in [0.3, 0.4) is 0 Å². The van der Waals surface area contributed by atoms with Crippen molar-refractivity contribution >= 4 is 28.3 Å².